The summed E-state index contributed by atoms with van der Waals surface area (Å²) in [6.07, 6.45) is 2.45. The minimum atomic E-state index is 1.02. The first-order chi connectivity index (χ1) is 7.38. The number of aryl methyl sites for hydroxylation is 1. The van der Waals surface area contributed by atoms with Crippen LogP contribution < -0.4 is 5.32 Å². The van der Waals surface area contributed by atoms with Crippen molar-refractivity contribution < 1.29 is 0 Å². The van der Waals surface area contributed by atoms with Crippen LogP contribution in [-0.4, -0.2) is 11.1 Å². The normalized spacial score (nSPS) is 16.3. The average Bonchev–Trinajstić information content (AvgIpc) is 2.48. The highest BCUT2D eigenvalue weighted by Gasteiger charge is 2.15. The van der Waals surface area contributed by atoms with Crippen LogP contribution in [0.3, 0.4) is 0 Å². The molecule has 0 saturated carbocycles. The molecule has 2 aromatic rings. The molecular formula is C13H16N2. The topological polar surface area (TPSA) is 17.0 Å². The van der Waals surface area contributed by atoms with E-state index in [-0.39, 0.29) is 0 Å². The Hall–Kier alpha value is -1.28. The van der Waals surface area contributed by atoms with Gasteiger partial charge in [0.05, 0.1) is 0 Å². The molecule has 2 nitrogen and oxygen atoms in total. The highest BCUT2D eigenvalue weighted by molar-refractivity contribution is 5.85. The van der Waals surface area contributed by atoms with Gasteiger partial charge < -0.3 is 9.88 Å². The maximum atomic E-state index is 3.50. The number of nitrogens with one attached hydrogen (secondary N) is 1. The van der Waals surface area contributed by atoms with Gasteiger partial charge in [-0.25, -0.2) is 0 Å². The van der Waals surface area contributed by atoms with Crippen LogP contribution in [0.5, 0.6) is 0 Å². The average molecular weight is 200 g/mol. The van der Waals surface area contributed by atoms with Crippen molar-refractivity contribution in [1.29, 1.82) is 0 Å². The van der Waals surface area contributed by atoms with Gasteiger partial charge in [0.25, 0.3) is 0 Å². The molecule has 2 heterocycles. The van der Waals surface area contributed by atoms with Gasteiger partial charge in [0, 0.05) is 30.2 Å². The third-order valence-corrected chi connectivity index (χ3v) is 3.41. The molecule has 0 fully saturated rings. The molecule has 1 aliphatic rings. The van der Waals surface area contributed by atoms with E-state index in [4.69, 9.17) is 0 Å². The Balaban J connectivity index is 2.32. The summed E-state index contributed by atoms with van der Waals surface area (Å²) in [4.78, 5) is 0. The van der Waals surface area contributed by atoms with E-state index in [1.165, 1.54) is 35.0 Å². The van der Waals surface area contributed by atoms with Crippen molar-refractivity contribution in [3.8, 4) is 0 Å². The summed E-state index contributed by atoms with van der Waals surface area (Å²) in [5.41, 5.74) is 4.39. The van der Waals surface area contributed by atoms with Gasteiger partial charge in [-0.1, -0.05) is 18.2 Å². The van der Waals surface area contributed by atoms with E-state index in [0.717, 1.165) is 13.1 Å². The van der Waals surface area contributed by atoms with Crippen molar-refractivity contribution in [2.75, 3.05) is 6.54 Å². The SMILES string of the molecule is Cn1c2c(c3ccccc31)CNCCC2. The van der Waals surface area contributed by atoms with Crippen molar-refractivity contribution >= 4 is 10.9 Å². The van der Waals surface area contributed by atoms with Crippen LogP contribution in [0.1, 0.15) is 17.7 Å². The van der Waals surface area contributed by atoms with E-state index in [9.17, 15) is 0 Å². The summed E-state index contributed by atoms with van der Waals surface area (Å²) >= 11 is 0. The number of rotatable bonds is 0. The van der Waals surface area contributed by atoms with Gasteiger partial charge in [-0.15, -0.1) is 0 Å². The first kappa shape index (κ1) is 8.98. The Kier molecular flexibility index (Phi) is 2.03. The van der Waals surface area contributed by atoms with E-state index in [1.54, 1.807) is 0 Å². The number of fused-ring (bicyclic) bond motifs is 3. The third-order valence-electron chi connectivity index (χ3n) is 3.41. The van der Waals surface area contributed by atoms with Gasteiger partial charge in [0.1, 0.15) is 0 Å². The van der Waals surface area contributed by atoms with Crippen LogP contribution in [-0.2, 0) is 20.0 Å². The summed E-state index contributed by atoms with van der Waals surface area (Å²) in [7, 11) is 2.19. The van der Waals surface area contributed by atoms with Gasteiger partial charge in [-0.05, 0) is 31.0 Å². The molecule has 0 bridgehead atoms. The maximum Gasteiger partial charge on any atom is 0.0483 e. The first-order valence-electron chi connectivity index (χ1n) is 5.64. The van der Waals surface area contributed by atoms with Gasteiger partial charge in [-0.3, -0.25) is 0 Å². The summed E-state index contributed by atoms with van der Waals surface area (Å²) in [6.45, 7) is 2.17. The standard InChI is InChI=1S/C13H16N2/c1-15-12-6-3-2-5-10(12)11-9-14-8-4-7-13(11)15/h2-3,5-6,14H,4,7-9H2,1H3. The number of hydrogen-bond acceptors (Lipinski definition) is 1. The first-order valence-corrected chi connectivity index (χ1v) is 5.64. The van der Waals surface area contributed by atoms with Crippen LogP contribution in [0.2, 0.25) is 0 Å². The lowest BCUT2D eigenvalue weighted by Gasteiger charge is -2.02. The van der Waals surface area contributed by atoms with Crippen LogP contribution in [0.4, 0.5) is 0 Å². The van der Waals surface area contributed by atoms with Gasteiger partial charge in [0.15, 0.2) is 0 Å². The molecule has 15 heavy (non-hydrogen) atoms. The largest absolute Gasteiger partial charge is 0.347 e. The molecule has 0 atom stereocenters. The van der Waals surface area contributed by atoms with E-state index in [1.807, 2.05) is 0 Å². The van der Waals surface area contributed by atoms with Gasteiger partial charge in [0.2, 0.25) is 0 Å². The molecule has 0 saturated heterocycles. The molecule has 78 valence electrons. The summed E-state index contributed by atoms with van der Waals surface area (Å²) in [6, 6.07) is 8.70. The van der Waals surface area contributed by atoms with Crippen LogP contribution in [0.25, 0.3) is 10.9 Å². The van der Waals surface area contributed by atoms with Crippen LogP contribution in [0.15, 0.2) is 24.3 Å². The molecule has 1 aromatic carbocycles. The van der Waals surface area contributed by atoms with E-state index in [2.05, 4.69) is 41.2 Å². The lowest BCUT2D eigenvalue weighted by molar-refractivity contribution is 0.677. The summed E-state index contributed by atoms with van der Waals surface area (Å²) in [5, 5.41) is 4.92. The third kappa shape index (κ3) is 1.29. The molecule has 0 amide bonds. The van der Waals surface area contributed by atoms with Gasteiger partial charge >= 0.3 is 0 Å². The molecular weight excluding hydrogens is 184 g/mol. The lowest BCUT2D eigenvalue weighted by Crippen LogP contribution is -2.11. The van der Waals surface area contributed by atoms with Crippen molar-refractivity contribution in [3.05, 3.63) is 35.5 Å². The predicted molar refractivity (Wildman–Crippen MR) is 62.9 cm³/mol. The minimum Gasteiger partial charge on any atom is -0.347 e. The van der Waals surface area contributed by atoms with Crippen LogP contribution in [0, 0.1) is 0 Å². The Morgan fingerprint density at radius 3 is 3.07 bits per heavy atom. The van der Waals surface area contributed by atoms with Crippen molar-refractivity contribution in [2.24, 2.45) is 7.05 Å². The summed E-state index contributed by atoms with van der Waals surface area (Å²) in [5.74, 6) is 0. The number of hydrogen-bond donors (Lipinski definition) is 1. The highest BCUT2D eigenvalue weighted by atomic mass is 15.0. The molecule has 0 aliphatic carbocycles. The monoisotopic (exact) mass is 200 g/mol. The lowest BCUT2D eigenvalue weighted by atomic mass is 10.1. The zero-order chi connectivity index (χ0) is 10.3. The van der Waals surface area contributed by atoms with Crippen molar-refractivity contribution in [3.63, 3.8) is 0 Å². The molecule has 3 rings (SSSR count). The van der Waals surface area contributed by atoms with Crippen molar-refractivity contribution in [2.45, 2.75) is 19.4 Å². The predicted octanol–water partition coefficient (Wildman–Crippen LogP) is 2.21. The smallest absolute Gasteiger partial charge is 0.0483 e. The number of aromatic nitrogens is 1. The second-order valence-electron chi connectivity index (χ2n) is 4.28. The quantitative estimate of drug-likeness (QED) is 0.690. The molecule has 2 heteroatoms. The Bertz CT molecular complexity index is 496. The molecule has 1 aliphatic heterocycles. The number of para-hydroxylation sites is 1. The number of benzene rings is 1. The highest BCUT2D eigenvalue weighted by Crippen LogP contribution is 2.27. The zero-order valence-electron chi connectivity index (χ0n) is 9.09. The zero-order valence-corrected chi connectivity index (χ0v) is 9.09. The maximum absolute atomic E-state index is 3.50. The fourth-order valence-corrected chi connectivity index (χ4v) is 2.63. The molecule has 1 aromatic heterocycles. The van der Waals surface area contributed by atoms with Gasteiger partial charge in [-0.2, -0.15) is 0 Å². The Labute approximate surface area is 89.9 Å². The van der Waals surface area contributed by atoms with E-state index >= 15 is 0 Å². The molecule has 0 spiro atoms. The molecule has 0 unspecified atom stereocenters. The van der Waals surface area contributed by atoms with E-state index < -0.39 is 0 Å². The second-order valence-corrected chi connectivity index (χ2v) is 4.28. The van der Waals surface area contributed by atoms with Crippen LogP contribution >= 0.6 is 0 Å². The fourth-order valence-electron chi connectivity index (χ4n) is 2.63. The Morgan fingerprint density at radius 1 is 1.27 bits per heavy atom. The second kappa shape index (κ2) is 3.38. The number of nitrogens with zero attached hydrogens (tertiary/aromatic N) is 1. The van der Waals surface area contributed by atoms with E-state index in [0.29, 0.717) is 0 Å². The fraction of sp³-hybridized carbons (Fsp3) is 0.385. The molecule has 0 radical (unpaired) electrons. The molecule has 1 N–H and O–H groups in total. The van der Waals surface area contributed by atoms with Crippen molar-refractivity contribution in [1.82, 2.24) is 9.88 Å². The summed E-state index contributed by atoms with van der Waals surface area (Å²) < 4.78 is 2.36. The minimum absolute atomic E-state index is 1.02. The Morgan fingerprint density at radius 2 is 2.13 bits per heavy atom.